The third-order valence-corrected chi connectivity index (χ3v) is 25.9. The zero-order chi connectivity index (χ0) is 28.3. The molecule has 0 radical (unpaired) electrons. The molecule has 0 saturated carbocycles. The van der Waals surface area contributed by atoms with Crippen molar-refractivity contribution in [2.24, 2.45) is 0 Å². The molecule has 0 aromatic carbocycles. The summed E-state index contributed by atoms with van der Waals surface area (Å²) < 4.78 is 7.24. The van der Waals surface area contributed by atoms with Crippen LogP contribution < -0.4 is 0 Å². The first-order valence-corrected chi connectivity index (χ1v) is 25.8. The van der Waals surface area contributed by atoms with Crippen LogP contribution in [0, 0.1) is 0 Å². The molecule has 0 nitrogen and oxygen atoms in total. The van der Waals surface area contributed by atoms with Crippen LogP contribution in [0.4, 0.5) is 0 Å². The molecule has 2 heteroatoms. The molecular formula is C36H75BSn. The van der Waals surface area contributed by atoms with Crippen molar-refractivity contribution in [1.29, 1.82) is 0 Å². The van der Waals surface area contributed by atoms with E-state index in [-0.39, 0.29) is 0 Å². The van der Waals surface area contributed by atoms with Gasteiger partial charge in [0.15, 0.2) is 0 Å². The van der Waals surface area contributed by atoms with E-state index in [1.807, 2.05) is 0 Å². The summed E-state index contributed by atoms with van der Waals surface area (Å²) in [7, 11) is 0. The van der Waals surface area contributed by atoms with Crippen LogP contribution in [0.25, 0.3) is 0 Å². The van der Waals surface area contributed by atoms with Crippen molar-refractivity contribution in [3.05, 3.63) is 9.06 Å². The van der Waals surface area contributed by atoms with Crippen LogP contribution in [0.1, 0.15) is 190 Å². The minimum atomic E-state index is -2.44. The molecule has 0 unspecified atom stereocenters. The maximum absolute atomic E-state index is 2.46. The van der Waals surface area contributed by atoms with Crippen molar-refractivity contribution in [2.75, 3.05) is 0 Å². The van der Waals surface area contributed by atoms with Crippen LogP contribution in [0.2, 0.25) is 26.0 Å². The van der Waals surface area contributed by atoms with Crippen molar-refractivity contribution in [2.45, 2.75) is 216 Å². The molecule has 0 atom stereocenters. The molecule has 0 rings (SSSR count). The summed E-state index contributed by atoms with van der Waals surface area (Å²) in [5, 5.41) is 0. The van der Waals surface area contributed by atoms with Crippen LogP contribution in [-0.2, 0) is 0 Å². The second kappa shape index (κ2) is 27.8. The van der Waals surface area contributed by atoms with E-state index in [0.717, 1.165) is 6.71 Å². The van der Waals surface area contributed by atoms with Crippen molar-refractivity contribution >= 4 is 25.1 Å². The number of unbranched alkanes of at least 4 members (excludes halogenated alkanes) is 13. The number of hydrogen-bond acceptors (Lipinski definition) is 0. The van der Waals surface area contributed by atoms with E-state index >= 15 is 0 Å². The molecule has 0 spiro atoms. The molecule has 0 aromatic heterocycles. The molecule has 0 heterocycles. The maximum atomic E-state index is 2.46. The first-order valence-electron chi connectivity index (χ1n) is 18.3. The Morgan fingerprint density at radius 1 is 0.395 bits per heavy atom. The second-order valence-electron chi connectivity index (χ2n) is 12.9. The van der Waals surface area contributed by atoms with E-state index in [1.165, 1.54) is 154 Å². The molecule has 0 aliphatic carbocycles. The quantitative estimate of drug-likeness (QED) is 0.0566. The third kappa shape index (κ3) is 17.4. The molecule has 0 amide bonds. The van der Waals surface area contributed by atoms with E-state index < -0.39 is 18.4 Å². The molecule has 0 aromatic rings. The number of hydrogen-bond donors (Lipinski definition) is 0. The van der Waals surface area contributed by atoms with Gasteiger partial charge in [-0.3, -0.25) is 0 Å². The Morgan fingerprint density at radius 3 is 1.18 bits per heavy atom. The van der Waals surface area contributed by atoms with Crippen LogP contribution in [-0.4, -0.2) is 25.1 Å². The van der Waals surface area contributed by atoms with Gasteiger partial charge in [0.05, 0.1) is 0 Å². The van der Waals surface area contributed by atoms with Gasteiger partial charge in [-0.2, -0.15) is 0 Å². The Morgan fingerprint density at radius 2 is 0.789 bits per heavy atom. The topological polar surface area (TPSA) is 0 Å². The average Bonchev–Trinajstić information content (AvgIpc) is 2.93. The molecule has 0 aliphatic heterocycles. The molecule has 38 heavy (non-hydrogen) atoms. The van der Waals surface area contributed by atoms with E-state index in [0.29, 0.717) is 0 Å². The summed E-state index contributed by atoms with van der Waals surface area (Å²) in [4.78, 5) is 0. The normalized spacial score (nSPS) is 12.7. The van der Waals surface area contributed by atoms with Crippen molar-refractivity contribution in [3.63, 3.8) is 0 Å². The average molecular weight is 638 g/mol. The van der Waals surface area contributed by atoms with E-state index in [4.69, 9.17) is 0 Å². The van der Waals surface area contributed by atoms with Gasteiger partial charge in [-0.15, -0.1) is 0 Å². The van der Waals surface area contributed by atoms with Crippen LogP contribution in [0.15, 0.2) is 9.06 Å². The summed E-state index contributed by atoms with van der Waals surface area (Å²) in [6.45, 7) is 17.9. The fourth-order valence-corrected chi connectivity index (χ4v) is 25.4. The zero-order valence-corrected chi connectivity index (χ0v) is 31.0. The van der Waals surface area contributed by atoms with E-state index in [2.05, 4.69) is 57.5 Å². The van der Waals surface area contributed by atoms with Crippen LogP contribution in [0.3, 0.4) is 0 Å². The van der Waals surface area contributed by atoms with Gasteiger partial charge >= 0.3 is 250 Å². The zero-order valence-electron chi connectivity index (χ0n) is 28.2. The SMILES string of the molecule is CCCCCCB(CCCCCC)/C(CCCCCC)=[C](/CCCC)[Sn]([CH2]CCC)([CH2]CCC)[CH2]CCC. The molecule has 0 N–H and O–H groups in total. The van der Waals surface area contributed by atoms with Crippen molar-refractivity contribution in [3.8, 4) is 0 Å². The van der Waals surface area contributed by atoms with Gasteiger partial charge < -0.3 is 0 Å². The second-order valence-corrected chi connectivity index (χ2v) is 26.2. The predicted molar refractivity (Wildman–Crippen MR) is 184 cm³/mol. The van der Waals surface area contributed by atoms with Gasteiger partial charge in [0.2, 0.25) is 0 Å². The number of rotatable bonds is 29. The van der Waals surface area contributed by atoms with Crippen molar-refractivity contribution < 1.29 is 0 Å². The van der Waals surface area contributed by atoms with E-state index in [9.17, 15) is 0 Å². The fraction of sp³-hybridized carbons (Fsp3) is 0.944. The first-order chi connectivity index (χ1) is 18.6. The Labute approximate surface area is 248 Å². The Bertz CT molecular complexity index is 492. The van der Waals surface area contributed by atoms with Gasteiger partial charge in [-0.1, -0.05) is 0 Å². The summed E-state index contributed by atoms with van der Waals surface area (Å²) >= 11 is -2.44. The standard InChI is InChI=1S/C24H48B.3C4H9.Sn/c1-5-9-13-17-21-24(20-16-12-8-4)25(22-18-14-10-6-2)23-19-15-11-7-3;3*1-3-4-2;/h5-19,21-23H2,1-4H3;3*1,3-4H2,2H3;. The Hall–Kier alpha value is 0.604. The summed E-state index contributed by atoms with van der Waals surface area (Å²) in [5.74, 6) is 0. The summed E-state index contributed by atoms with van der Waals surface area (Å²) in [6, 6.07) is 0. The Balaban J connectivity index is 6.70. The van der Waals surface area contributed by atoms with Crippen molar-refractivity contribution in [1.82, 2.24) is 0 Å². The summed E-state index contributed by atoms with van der Waals surface area (Å²) in [6.07, 6.45) is 34.8. The molecular weight excluding hydrogens is 562 g/mol. The number of allylic oxidation sites excluding steroid dienone is 2. The van der Waals surface area contributed by atoms with Gasteiger partial charge in [-0.05, 0) is 0 Å². The Kier molecular flexibility index (Phi) is 28.2. The van der Waals surface area contributed by atoms with Crippen LogP contribution >= 0.6 is 0 Å². The predicted octanol–water partition coefficient (Wildman–Crippen LogP) is 14.0. The first kappa shape index (κ1) is 38.6. The molecule has 0 bridgehead atoms. The monoisotopic (exact) mass is 638 g/mol. The van der Waals surface area contributed by atoms with Gasteiger partial charge in [0.1, 0.15) is 0 Å². The minimum absolute atomic E-state index is 0.915. The molecule has 0 saturated heterocycles. The van der Waals surface area contributed by atoms with Crippen LogP contribution in [0.5, 0.6) is 0 Å². The van der Waals surface area contributed by atoms with E-state index in [1.54, 1.807) is 13.3 Å². The molecule has 226 valence electrons. The van der Waals surface area contributed by atoms with Gasteiger partial charge in [0, 0.05) is 0 Å². The molecule has 0 fully saturated rings. The van der Waals surface area contributed by atoms with Gasteiger partial charge in [-0.25, -0.2) is 0 Å². The molecule has 0 aliphatic rings. The third-order valence-electron chi connectivity index (χ3n) is 9.44. The fourth-order valence-electron chi connectivity index (χ4n) is 6.96. The van der Waals surface area contributed by atoms with Gasteiger partial charge in [0.25, 0.3) is 0 Å². The summed E-state index contributed by atoms with van der Waals surface area (Å²) in [5.41, 5.74) is 2.11.